The standard InChI is InChI=1S/C17H15FN2O2/c1-12-2-7-16(15(18)10-12)20-17(21)11-22-14-5-3-13(4-6-14)8-9-19/h2-7,10H,8,11H2,1H3,(H,20,21). The van der Waals surface area contributed by atoms with Gasteiger partial charge < -0.3 is 10.1 Å². The maximum atomic E-state index is 13.6. The lowest BCUT2D eigenvalue weighted by atomic mass is 10.2. The van der Waals surface area contributed by atoms with Crippen LogP contribution in [-0.2, 0) is 11.2 Å². The first-order valence-electron chi connectivity index (χ1n) is 6.73. The van der Waals surface area contributed by atoms with E-state index >= 15 is 0 Å². The highest BCUT2D eigenvalue weighted by molar-refractivity contribution is 5.92. The van der Waals surface area contributed by atoms with Crippen molar-refractivity contribution in [2.24, 2.45) is 0 Å². The maximum absolute atomic E-state index is 13.6. The van der Waals surface area contributed by atoms with E-state index in [4.69, 9.17) is 10.00 Å². The lowest BCUT2D eigenvalue weighted by Crippen LogP contribution is -2.20. The van der Waals surface area contributed by atoms with Crippen molar-refractivity contribution < 1.29 is 13.9 Å². The molecular weight excluding hydrogens is 283 g/mol. The van der Waals surface area contributed by atoms with Crippen molar-refractivity contribution in [3.05, 3.63) is 59.4 Å². The minimum absolute atomic E-state index is 0.128. The van der Waals surface area contributed by atoms with Crippen LogP contribution in [0.2, 0.25) is 0 Å². The van der Waals surface area contributed by atoms with E-state index in [9.17, 15) is 9.18 Å². The summed E-state index contributed by atoms with van der Waals surface area (Å²) < 4.78 is 18.9. The van der Waals surface area contributed by atoms with Crippen LogP contribution in [0.4, 0.5) is 10.1 Å². The summed E-state index contributed by atoms with van der Waals surface area (Å²) >= 11 is 0. The predicted octanol–water partition coefficient (Wildman–Crippen LogP) is 3.22. The van der Waals surface area contributed by atoms with Crippen LogP contribution in [0.1, 0.15) is 11.1 Å². The second-order valence-corrected chi connectivity index (χ2v) is 4.80. The van der Waals surface area contributed by atoms with Crippen molar-refractivity contribution in [3.63, 3.8) is 0 Å². The Morgan fingerprint density at radius 1 is 1.27 bits per heavy atom. The summed E-state index contributed by atoms with van der Waals surface area (Å²) in [4.78, 5) is 11.7. The van der Waals surface area contributed by atoms with Gasteiger partial charge in [0.15, 0.2) is 6.61 Å². The van der Waals surface area contributed by atoms with Gasteiger partial charge in [0.25, 0.3) is 5.91 Å². The quantitative estimate of drug-likeness (QED) is 0.922. The van der Waals surface area contributed by atoms with E-state index < -0.39 is 11.7 Å². The molecular formula is C17H15FN2O2. The summed E-state index contributed by atoms with van der Waals surface area (Å²) in [7, 11) is 0. The molecule has 2 rings (SSSR count). The SMILES string of the molecule is Cc1ccc(NC(=O)COc2ccc(CC#N)cc2)c(F)c1. The van der Waals surface area contributed by atoms with Gasteiger partial charge in [-0.3, -0.25) is 4.79 Å². The Labute approximate surface area is 128 Å². The Kier molecular flexibility index (Phi) is 5.10. The van der Waals surface area contributed by atoms with E-state index in [1.54, 1.807) is 37.3 Å². The van der Waals surface area contributed by atoms with Gasteiger partial charge in [-0.25, -0.2) is 4.39 Å². The Morgan fingerprint density at radius 2 is 2.00 bits per heavy atom. The third-order valence-electron chi connectivity index (χ3n) is 2.98. The van der Waals surface area contributed by atoms with E-state index in [1.165, 1.54) is 12.1 Å². The number of carbonyl (C=O) groups is 1. The van der Waals surface area contributed by atoms with Crippen molar-refractivity contribution >= 4 is 11.6 Å². The van der Waals surface area contributed by atoms with Crippen LogP contribution in [-0.4, -0.2) is 12.5 Å². The molecule has 4 nitrogen and oxygen atoms in total. The zero-order valence-electron chi connectivity index (χ0n) is 12.1. The van der Waals surface area contributed by atoms with Crippen LogP contribution in [0.3, 0.4) is 0 Å². The predicted molar refractivity (Wildman–Crippen MR) is 81.0 cm³/mol. The third-order valence-corrected chi connectivity index (χ3v) is 2.98. The van der Waals surface area contributed by atoms with Crippen molar-refractivity contribution in [2.45, 2.75) is 13.3 Å². The van der Waals surface area contributed by atoms with Gasteiger partial charge in [0, 0.05) is 0 Å². The summed E-state index contributed by atoms with van der Waals surface area (Å²) in [6.45, 7) is 1.55. The molecule has 5 heteroatoms. The van der Waals surface area contributed by atoms with Gasteiger partial charge in [0.1, 0.15) is 11.6 Å². The molecule has 0 heterocycles. The second-order valence-electron chi connectivity index (χ2n) is 4.80. The molecule has 0 saturated carbocycles. The minimum Gasteiger partial charge on any atom is -0.484 e. The molecule has 0 aliphatic rings. The number of benzene rings is 2. The number of amides is 1. The molecule has 0 aliphatic carbocycles. The fourth-order valence-electron chi connectivity index (χ4n) is 1.85. The molecule has 0 atom stereocenters. The van der Waals surface area contributed by atoms with Crippen molar-refractivity contribution in [3.8, 4) is 11.8 Å². The molecule has 0 aliphatic heterocycles. The third kappa shape index (κ3) is 4.32. The van der Waals surface area contributed by atoms with E-state index in [1.807, 2.05) is 6.07 Å². The van der Waals surface area contributed by atoms with E-state index in [0.29, 0.717) is 12.2 Å². The monoisotopic (exact) mass is 298 g/mol. The fourth-order valence-corrected chi connectivity index (χ4v) is 1.85. The van der Waals surface area contributed by atoms with E-state index in [-0.39, 0.29) is 12.3 Å². The van der Waals surface area contributed by atoms with Crippen LogP contribution in [0, 0.1) is 24.1 Å². The number of nitrogens with zero attached hydrogens (tertiary/aromatic N) is 1. The van der Waals surface area contributed by atoms with Gasteiger partial charge >= 0.3 is 0 Å². The zero-order chi connectivity index (χ0) is 15.9. The molecule has 22 heavy (non-hydrogen) atoms. The molecule has 0 unspecified atom stereocenters. The summed E-state index contributed by atoms with van der Waals surface area (Å²) in [5.41, 5.74) is 1.79. The number of aryl methyl sites for hydroxylation is 1. The van der Waals surface area contributed by atoms with Gasteiger partial charge in [-0.2, -0.15) is 5.26 Å². The number of anilines is 1. The van der Waals surface area contributed by atoms with Crippen LogP contribution in [0.15, 0.2) is 42.5 Å². The van der Waals surface area contributed by atoms with Gasteiger partial charge in [-0.1, -0.05) is 18.2 Å². The Morgan fingerprint density at radius 3 is 2.64 bits per heavy atom. The number of ether oxygens (including phenoxy) is 1. The highest BCUT2D eigenvalue weighted by Gasteiger charge is 2.08. The topological polar surface area (TPSA) is 62.1 Å². The lowest BCUT2D eigenvalue weighted by Gasteiger charge is -2.09. The van der Waals surface area contributed by atoms with Gasteiger partial charge in [-0.05, 0) is 42.3 Å². The first kappa shape index (κ1) is 15.5. The van der Waals surface area contributed by atoms with Crippen molar-refractivity contribution in [1.29, 1.82) is 5.26 Å². The number of nitrogens with one attached hydrogen (secondary N) is 1. The van der Waals surface area contributed by atoms with E-state index in [0.717, 1.165) is 11.1 Å². The number of hydrogen-bond donors (Lipinski definition) is 1. The number of nitriles is 1. The number of hydrogen-bond acceptors (Lipinski definition) is 3. The molecule has 0 spiro atoms. The molecule has 112 valence electrons. The first-order valence-corrected chi connectivity index (χ1v) is 6.73. The summed E-state index contributed by atoms with van der Waals surface area (Å²) in [5.74, 6) is -0.403. The normalized spacial score (nSPS) is 9.86. The summed E-state index contributed by atoms with van der Waals surface area (Å²) in [5, 5.41) is 11.0. The Balaban J connectivity index is 1.88. The molecule has 0 bridgehead atoms. The minimum atomic E-state index is -0.478. The zero-order valence-corrected chi connectivity index (χ0v) is 12.1. The number of halogens is 1. The summed E-state index contributed by atoms with van der Waals surface area (Å²) in [6.07, 6.45) is 0.327. The second kappa shape index (κ2) is 7.23. The summed E-state index contributed by atoms with van der Waals surface area (Å²) in [6, 6.07) is 13.5. The average molecular weight is 298 g/mol. The largest absolute Gasteiger partial charge is 0.484 e. The average Bonchev–Trinajstić information content (AvgIpc) is 2.50. The molecule has 2 aromatic carbocycles. The van der Waals surface area contributed by atoms with Crippen molar-refractivity contribution in [1.82, 2.24) is 0 Å². The van der Waals surface area contributed by atoms with Crippen LogP contribution >= 0.6 is 0 Å². The molecule has 0 fully saturated rings. The maximum Gasteiger partial charge on any atom is 0.262 e. The Hall–Kier alpha value is -2.87. The molecule has 0 aromatic heterocycles. The van der Waals surface area contributed by atoms with E-state index in [2.05, 4.69) is 5.32 Å². The van der Waals surface area contributed by atoms with Crippen LogP contribution in [0.25, 0.3) is 0 Å². The number of rotatable bonds is 5. The van der Waals surface area contributed by atoms with Crippen LogP contribution in [0.5, 0.6) is 5.75 Å². The number of carbonyl (C=O) groups excluding carboxylic acids is 1. The highest BCUT2D eigenvalue weighted by Crippen LogP contribution is 2.16. The van der Waals surface area contributed by atoms with Crippen LogP contribution < -0.4 is 10.1 Å². The first-order chi connectivity index (χ1) is 10.6. The lowest BCUT2D eigenvalue weighted by molar-refractivity contribution is -0.118. The van der Waals surface area contributed by atoms with Gasteiger partial charge in [-0.15, -0.1) is 0 Å². The highest BCUT2D eigenvalue weighted by atomic mass is 19.1. The molecule has 0 radical (unpaired) electrons. The molecule has 1 N–H and O–H groups in total. The van der Waals surface area contributed by atoms with Crippen molar-refractivity contribution in [2.75, 3.05) is 11.9 Å². The van der Waals surface area contributed by atoms with Gasteiger partial charge in [0.2, 0.25) is 0 Å². The molecule has 0 saturated heterocycles. The molecule has 2 aromatic rings. The molecule has 1 amide bonds. The fraction of sp³-hybridized carbons (Fsp3) is 0.176. The van der Waals surface area contributed by atoms with Gasteiger partial charge in [0.05, 0.1) is 18.2 Å². The Bertz CT molecular complexity index is 706. The smallest absolute Gasteiger partial charge is 0.262 e.